The lowest BCUT2D eigenvalue weighted by Crippen LogP contribution is -2.36. The number of hydrogen-bond donors (Lipinski definition) is 1. The van der Waals surface area contributed by atoms with Gasteiger partial charge in [0.2, 0.25) is 0 Å². The Morgan fingerprint density at radius 1 is 1.10 bits per heavy atom. The Labute approximate surface area is 185 Å². The van der Waals surface area contributed by atoms with Crippen molar-refractivity contribution in [2.45, 2.75) is 32.0 Å². The van der Waals surface area contributed by atoms with Crippen molar-refractivity contribution in [1.82, 2.24) is 9.80 Å². The maximum absolute atomic E-state index is 11.6. The Morgan fingerprint density at radius 2 is 1.77 bits per heavy atom. The van der Waals surface area contributed by atoms with Crippen molar-refractivity contribution >= 4 is 5.97 Å². The van der Waals surface area contributed by atoms with Gasteiger partial charge in [0.1, 0.15) is 18.5 Å². The number of methoxy groups -OCH3 is 1. The number of ether oxygens (including phenoxy) is 2. The van der Waals surface area contributed by atoms with Crippen LogP contribution in [0.5, 0.6) is 5.75 Å². The van der Waals surface area contributed by atoms with E-state index in [4.69, 9.17) is 9.47 Å². The van der Waals surface area contributed by atoms with E-state index in [1.54, 1.807) is 0 Å². The summed E-state index contributed by atoms with van der Waals surface area (Å²) in [6.07, 6.45) is 1.15. The number of carbonyl (C=O) groups is 1. The highest BCUT2D eigenvalue weighted by molar-refractivity contribution is 5.72. The van der Waals surface area contributed by atoms with Gasteiger partial charge in [0.05, 0.1) is 13.0 Å². The van der Waals surface area contributed by atoms with Crippen LogP contribution in [-0.4, -0.2) is 67.4 Å². The van der Waals surface area contributed by atoms with Crippen molar-refractivity contribution in [2.75, 3.05) is 40.4 Å². The maximum atomic E-state index is 11.6. The minimum absolute atomic E-state index is 0.0372. The van der Waals surface area contributed by atoms with Crippen molar-refractivity contribution in [3.63, 3.8) is 0 Å². The summed E-state index contributed by atoms with van der Waals surface area (Å²) in [7, 11) is 3.46. The second-order valence-corrected chi connectivity index (χ2v) is 8.36. The molecule has 1 aliphatic rings. The summed E-state index contributed by atoms with van der Waals surface area (Å²) in [6.45, 7) is 4.28. The summed E-state index contributed by atoms with van der Waals surface area (Å²) in [5, 5.41) is 10.3. The third-order valence-electron chi connectivity index (χ3n) is 5.71. The topological polar surface area (TPSA) is 62.2 Å². The molecule has 0 saturated carbocycles. The van der Waals surface area contributed by atoms with Crippen LogP contribution < -0.4 is 4.74 Å². The molecular weight excluding hydrogens is 392 g/mol. The van der Waals surface area contributed by atoms with E-state index in [2.05, 4.69) is 34.1 Å². The lowest BCUT2D eigenvalue weighted by atomic mass is 9.96. The molecule has 1 aliphatic heterocycles. The minimum atomic E-state index is -0.551. The normalized spacial score (nSPS) is 16.3. The third kappa shape index (κ3) is 7.65. The quantitative estimate of drug-likeness (QED) is 0.590. The van der Waals surface area contributed by atoms with E-state index in [0.717, 1.165) is 44.8 Å². The van der Waals surface area contributed by atoms with E-state index < -0.39 is 6.10 Å². The molecule has 1 unspecified atom stereocenters. The van der Waals surface area contributed by atoms with Crippen LogP contribution in [0.1, 0.15) is 24.0 Å². The largest absolute Gasteiger partial charge is 0.491 e. The Hall–Kier alpha value is -2.41. The molecule has 2 aromatic rings. The summed E-state index contributed by atoms with van der Waals surface area (Å²) < 4.78 is 10.6. The second-order valence-electron chi connectivity index (χ2n) is 8.36. The average Bonchev–Trinajstić information content (AvgIpc) is 2.79. The van der Waals surface area contributed by atoms with Gasteiger partial charge >= 0.3 is 5.97 Å². The van der Waals surface area contributed by atoms with Crippen LogP contribution in [0.4, 0.5) is 0 Å². The molecule has 3 rings (SSSR count). The first-order valence-corrected chi connectivity index (χ1v) is 11.0. The molecule has 2 aromatic carbocycles. The monoisotopic (exact) mass is 426 g/mol. The van der Waals surface area contributed by atoms with Crippen LogP contribution in [0.25, 0.3) is 0 Å². The van der Waals surface area contributed by atoms with E-state index in [-0.39, 0.29) is 18.5 Å². The predicted octanol–water partition coefficient (Wildman–Crippen LogP) is 2.94. The van der Waals surface area contributed by atoms with Gasteiger partial charge in [-0.15, -0.1) is 0 Å². The van der Waals surface area contributed by atoms with Gasteiger partial charge < -0.3 is 14.6 Å². The average molecular weight is 427 g/mol. The minimum Gasteiger partial charge on any atom is -0.491 e. The highest BCUT2D eigenvalue weighted by Gasteiger charge is 2.25. The summed E-state index contributed by atoms with van der Waals surface area (Å²) >= 11 is 0. The van der Waals surface area contributed by atoms with Gasteiger partial charge in [0, 0.05) is 19.6 Å². The Morgan fingerprint density at radius 3 is 2.42 bits per heavy atom. The molecule has 0 aromatic heterocycles. The number of aliphatic hydroxyl groups excluding tert-OH is 1. The first-order chi connectivity index (χ1) is 15.0. The van der Waals surface area contributed by atoms with Crippen LogP contribution in [-0.2, 0) is 22.6 Å². The number of hydrogen-bond acceptors (Lipinski definition) is 6. The fraction of sp³-hybridized carbons (Fsp3) is 0.480. The maximum Gasteiger partial charge on any atom is 0.308 e. The number of nitrogens with zero attached hydrogens (tertiary/aromatic N) is 2. The van der Waals surface area contributed by atoms with E-state index in [1.807, 2.05) is 37.4 Å². The van der Waals surface area contributed by atoms with E-state index >= 15 is 0 Å². The summed E-state index contributed by atoms with van der Waals surface area (Å²) in [5.41, 5.74) is 2.44. The SMILES string of the molecule is COC(=O)C1CCN(Cc2ccc(OCC(O)CN(C)Cc3ccccc3)cc2)CC1. The van der Waals surface area contributed by atoms with Crippen LogP contribution in [0.15, 0.2) is 54.6 Å². The van der Waals surface area contributed by atoms with Gasteiger partial charge in [-0.1, -0.05) is 42.5 Å². The number of carbonyl (C=O) groups excluding carboxylic acids is 1. The van der Waals surface area contributed by atoms with Gasteiger partial charge in [-0.2, -0.15) is 0 Å². The second kappa shape index (κ2) is 11.8. The molecule has 0 amide bonds. The van der Waals surface area contributed by atoms with Gasteiger partial charge in [-0.05, 0) is 56.2 Å². The number of likely N-dealkylation sites (tertiary alicyclic amines) is 1. The molecule has 1 fully saturated rings. The Kier molecular flexibility index (Phi) is 8.88. The van der Waals surface area contributed by atoms with E-state index in [9.17, 15) is 9.90 Å². The van der Waals surface area contributed by atoms with Gasteiger partial charge in [0.25, 0.3) is 0 Å². The molecule has 6 heteroatoms. The molecule has 0 bridgehead atoms. The Bertz CT molecular complexity index is 789. The predicted molar refractivity (Wildman–Crippen MR) is 121 cm³/mol. The number of aliphatic hydroxyl groups is 1. The zero-order valence-corrected chi connectivity index (χ0v) is 18.6. The van der Waals surface area contributed by atoms with Crippen molar-refractivity contribution in [3.05, 3.63) is 65.7 Å². The fourth-order valence-electron chi connectivity index (χ4n) is 4.01. The molecule has 6 nitrogen and oxygen atoms in total. The summed E-state index contributed by atoms with van der Waals surface area (Å²) in [5.74, 6) is 0.711. The zero-order chi connectivity index (χ0) is 22.1. The lowest BCUT2D eigenvalue weighted by molar-refractivity contribution is -0.147. The highest BCUT2D eigenvalue weighted by Crippen LogP contribution is 2.21. The number of likely N-dealkylation sites (N-methyl/N-ethyl adjacent to an activating group) is 1. The molecule has 1 saturated heterocycles. The van der Waals surface area contributed by atoms with Gasteiger partial charge in [-0.25, -0.2) is 0 Å². The highest BCUT2D eigenvalue weighted by atomic mass is 16.5. The molecule has 0 aliphatic carbocycles. The van der Waals surface area contributed by atoms with Crippen molar-refractivity contribution in [3.8, 4) is 5.75 Å². The van der Waals surface area contributed by atoms with Crippen LogP contribution in [0.3, 0.4) is 0 Å². The van der Waals surface area contributed by atoms with Crippen molar-refractivity contribution in [1.29, 1.82) is 0 Å². The van der Waals surface area contributed by atoms with E-state index in [0.29, 0.717) is 6.54 Å². The zero-order valence-electron chi connectivity index (χ0n) is 18.6. The third-order valence-corrected chi connectivity index (χ3v) is 5.71. The van der Waals surface area contributed by atoms with Gasteiger partial charge in [-0.3, -0.25) is 14.6 Å². The lowest BCUT2D eigenvalue weighted by Gasteiger charge is -2.30. The number of piperidine rings is 1. The Balaban J connectivity index is 1.37. The standard InChI is InChI=1S/C25H34N2O4/c1-26(16-20-6-4-3-5-7-20)18-23(28)19-31-24-10-8-21(9-11-24)17-27-14-12-22(13-15-27)25(29)30-2/h3-11,22-23,28H,12-19H2,1-2H3. The van der Waals surface area contributed by atoms with Crippen molar-refractivity contribution < 1.29 is 19.4 Å². The molecule has 1 heterocycles. The first-order valence-electron chi connectivity index (χ1n) is 11.0. The number of rotatable bonds is 10. The van der Waals surface area contributed by atoms with Crippen LogP contribution in [0.2, 0.25) is 0 Å². The van der Waals surface area contributed by atoms with E-state index in [1.165, 1.54) is 18.2 Å². The van der Waals surface area contributed by atoms with Gasteiger partial charge in [0.15, 0.2) is 0 Å². The van der Waals surface area contributed by atoms with Crippen LogP contribution >= 0.6 is 0 Å². The molecule has 1 N–H and O–H groups in total. The molecule has 0 radical (unpaired) electrons. The first kappa shape index (κ1) is 23.3. The number of benzene rings is 2. The summed E-state index contributed by atoms with van der Waals surface area (Å²) in [6, 6.07) is 18.3. The smallest absolute Gasteiger partial charge is 0.308 e. The molecule has 1 atom stereocenters. The summed E-state index contributed by atoms with van der Waals surface area (Å²) in [4.78, 5) is 16.1. The van der Waals surface area contributed by atoms with Crippen molar-refractivity contribution in [2.24, 2.45) is 5.92 Å². The molecule has 31 heavy (non-hydrogen) atoms. The molecular formula is C25H34N2O4. The number of esters is 1. The van der Waals surface area contributed by atoms with Crippen LogP contribution in [0, 0.1) is 5.92 Å². The fourth-order valence-corrected chi connectivity index (χ4v) is 4.01. The molecule has 0 spiro atoms. The molecule has 168 valence electrons.